The first kappa shape index (κ1) is 12.5. The molecule has 1 saturated heterocycles. The standard InChI is InChI=1S/C15H20N2O2/c1-19-13-7-3-2-5-11(13)15(8-9-15)17-14(18)12-6-4-10-16-12/h2-3,5,7,12,16H,4,6,8-10H2,1H3,(H,17,18). The molecule has 102 valence electrons. The SMILES string of the molecule is COc1ccccc1C1(NC(=O)C2CCCN2)CC1. The summed E-state index contributed by atoms with van der Waals surface area (Å²) in [7, 11) is 1.68. The highest BCUT2D eigenvalue weighted by molar-refractivity contribution is 5.83. The molecule has 1 aromatic carbocycles. The lowest BCUT2D eigenvalue weighted by Gasteiger charge is -2.22. The number of ether oxygens (including phenoxy) is 1. The van der Waals surface area contributed by atoms with E-state index in [0.29, 0.717) is 0 Å². The predicted molar refractivity (Wildman–Crippen MR) is 73.1 cm³/mol. The van der Waals surface area contributed by atoms with Gasteiger partial charge in [0.15, 0.2) is 0 Å². The van der Waals surface area contributed by atoms with Crippen molar-refractivity contribution in [3.05, 3.63) is 29.8 Å². The van der Waals surface area contributed by atoms with Gasteiger partial charge in [-0.1, -0.05) is 18.2 Å². The van der Waals surface area contributed by atoms with E-state index in [0.717, 1.165) is 43.5 Å². The van der Waals surface area contributed by atoms with E-state index in [1.54, 1.807) is 7.11 Å². The van der Waals surface area contributed by atoms with E-state index >= 15 is 0 Å². The maximum absolute atomic E-state index is 12.3. The van der Waals surface area contributed by atoms with Gasteiger partial charge in [-0.05, 0) is 38.3 Å². The Morgan fingerprint density at radius 1 is 1.42 bits per heavy atom. The first-order valence-corrected chi connectivity index (χ1v) is 6.94. The predicted octanol–water partition coefficient (Wildman–Crippen LogP) is 1.55. The smallest absolute Gasteiger partial charge is 0.237 e. The summed E-state index contributed by atoms with van der Waals surface area (Å²) in [6, 6.07) is 7.94. The summed E-state index contributed by atoms with van der Waals surface area (Å²) in [6.45, 7) is 0.944. The van der Waals surface area contributed by atoms with Crippen LogP contribution in [-0.4, -0.2) is 25.6 Å². The van der Waals surface area contributed by atoms with Gasteiger partial charge in [0.05, 0.1) is 18.7 Å². The van der Waals surface area contributed by atoms with Crippen molar-refractivity contribution in [1.29, 1.82) is 0 Å². The Bertz CT molecular complexity index is 477. The van der Waals surface area contributed by atoms with Crippen molar-refractivity contribution in [2.75, 3.05) is 13.7 Å². The van der Waals surface area contributed by atoms with Crippen molar-refractivity contribution >= 4 is 5.91 Å². The average Bonchev–Trinajstić information content (AvgIpc) is 3.01. The van der Waals surface area contributed by atoms with Gasteiger partial charge in [-0.3, -0.25) is 4.79 Å². The number of rotatable bonds is 4. The van der Waals surface area contributed by atoms with Crippen LogP contribution in [0.4, 0.5) is 0 Å². The lowest BCUT2D eigenvalue weighted by molar-refractivity contribution is -0.123. The van der Waals surface area contributed by atoms with Crippen LogP contribution in [0.5, 0.6) is 5.75 Å². The van der Waals surface area contributed by atoms with E-state index in [2.05, 4.69) is 10.6 Å². The molecule has 1 amide bonds. The van der Waals surface area contributed by atoms with Gasteiger partial charge in [-0.2, -0.15) is 0 Å². The minimum atomic E-state index is -0.200. The van der Waals surface area contributed by atoms with Gasteiger partial charge in [-0.15, -0.1) is 0 Å². The number of benzene rings is 1. The molecule has 0 spiro atoms. The Labute approximate surface area is 113 Å². The van der Waals surface area contributed by atoms with Gasteiger partial charge in [-0.25, -0.2) is 0 Å². The highest BCUT2D eigenvalue weighted by Gasteiger charge is 2.48. The fraction of sp³-hybridized carbons (Fsp3) is 0.533. The van der Waals surface area contributed by atoms with E-state index in [9.17, 15) is 4.79 Å². The molecule has 0 aromatic heterocycles. The Balaban J connectivity index is 1.77. The molecule has 1 heterocycles. The third kappa shape index (κ3) is 2.32. The van der Waals surface area contributed by atoms with Crippen LogP contribution in [-0.2, 0) is 10.3 Å². The fourth-order valence-corrected chi connectivity index (χ4v) is 2.86. The van der Waals surface area contributed by atoms with Crippen LogP contribution >= 0.6 is 0 Å². The van der Waals surface area contributed by atoms with E-state index < -0.39 is 0 Å². The number of methoxy groups -OCH3 is 1. The molecule has 1 saturated carbocycles. The second kappa shape index (κ2) is 4.85. The van der Waals surface area contributed by atoms with Gasteiger partial charge in [0, 0.05) is 5.56 Å². The first-order valence-electron chi connectivity index (χ1n) is 6.94. The molecular weight excluding hydrogens is 240 g/mol. The summed E-state index contributed by atoms with van der Waals surface area (Å²) < 4.78 is 5.41. The van der Waals surface area contributed by atoms with Crippen molar-refractivity contribution in [3.8, 4) is 5.75 Å². The Kier molecular flexibility index (Phi) is 3.19. The summed E-state index contributed by atoms with van der Waals surface area (Å²) in [5.74, 6) is 0.987. The minimum Gasteiger partial charge on any atom is -0.496 e. The summed E-state index contributed by atoms with van der Waals surface area (Å²) in [4.78, 5) is 12.3. The Morgan fingerprint density at radius 2 is 2.21 bits per heavy atom. The van der Waals surface area contributed by atoms with E-state index in [1.165, 1.54) is 0 Å². The monoisotopic (exact) mass is 260 g/mol. The first-order chi connectivity index (χ1) is 9.25. The fourth-order valence-electron chi connectivity index (χ4n) is 2.86. The second-order valence-corrected chi connectivity index (χ2v) is 5.42. The molecule has 1 aromatic rings. The second-order valence-electron chi connectivity index (χ2n) is 5.42. The van der Waals surface area contributed by atoms with Gasteiger partial charge in [0.25, 0.3) is 0 Å². The highest BCUT2D eigenvalue weighted by atomic mass is 16.5. The number of carbonyl (C=O) groups excluding carboxylic acids is 1. The summed E-state index contributed by atoms with van der Waals surface area (Å²) in [6.07, 6.45) is 4.01. The van der Waals surface area contributed by atoms with Crippen molar-refractivity contribution in [2.45, 2.75) is 37.3 Å². The van der Waals surface area contributed by atoms with Crippen LogP contribution in [0.2, 0.25) is 0 Å². The quantitative estimate of drug-likeness (QED) is 0.863. The van der Waals surface area contributed by atoms with Gasteiger partial charge >= 0.3 is 0 Å². The number of carbonyl (C=O) groups is 1. The third-order valence-electron chi connectivity index (χ3n) is 4.11. The normalized spacial score (nSPS) is 23.9. The summed E-state index contributed by atoms with van der Waals surface area (Å²) in [5, 5.41) is 6.46. The molecular formula is C15H20N2O2. The largest absolute Gasteiger partial charge is 0.496 e. The molecule has 3 rings (SSSR count). The summed E-state index contributed by atoms with van der Waals surface area (Å²) in [5.41, 5.74) is 0.900. The maximum Gasteiger partial charge on any atom is 0.237 e. The maximum atomic E-state index is 12.3. The highest BCUT2D eigenvalue weighted by Crippen LogP contribution is 2.48. The van der Waals surface area contributed by atoms with Crippen LogP contribution in [0.3, 0.4) is 0 Å². The average molecular weight is 260 g/mol. The van der Waals surface area contributed by atoms with Crippen LogP contribution in [0, 0.1) is 0 Å². The Hall–Kier alpha value is -1.55. The van der Waals surface area contributed by atoms with E-state index in [4.69, 9.17) is 4.74 Å². The van der Waals surface area contributed by atoms with Crippen LogP contribution in [0.1, 0.15) is 31.2 Å². The number of hydrogen-bond donors (Lipinski definition) is 2. The molecule has 2 N–H and O–H groups in total. The lowest BCUT2D eigenvalue weighted by atomic mass is 10.0. The molecule has 19 heavy (non-hydrogen) atoms. The molecule has 0 bridgehead atoms. The lowest BCUT2D eigenvalue weighted by Crippen LogP contribution is -2.45. The third-order valence-corrected chi connectivity index (χ3v) is 4.11. The van der Waals surface area contributed by atoms with Gasteiger partial charge < -0.3 is 15.4 Å². The van der Waals surface area contributed by atoms with Crippen molar-refractivity contribution in [1.82, 2.24) is 10.6 Å². The molecule has 1 atom stereocenters. The molecule has 4 heteroatoms. The minimum absolute atomic E-state index is 0.0211. The van der Waals surface area contributed by atoms with Crippen molar-refractivity contribution < 1.29 is 9.53 Å². The molecule has 1 unspecified atom stereocenters. The molecule has 1 aliphatic carbocycles. The van der Waals surface area contributed by atoms with Crippen molar-refractivity contribution in [3.63, 3.8) is 0 Å². The van der Waals surface area contributed by atoms with Crippen LogP contribution < -0.4 is 15.4 Å². The van der Waals surface area contributed by atoms with Crippen LogP contribution in [0.25, 0.3) is 0 Å². The molecule has 2 aliphatic rings. The number of para-hydroxylation sites is 1. The molecule has 0 radical (unpaired) electrons. The number of amides is 1. The zero-order valence-electron chi connectivity index (χ0n) is 11.2. The zero-order chi connectivity index (χ0) is 13.3. The van der Waals surface area contributed by atoms with E-state index in [1.807, 2.05) is 24.3 Å². The van der Waals surface area contributed by atoms with Gasteiger partial charge in [0.1, 0.15) is 5.75 Å². The Morgan fingerprint density at radius 3 is 2.84 bits per heavy atom. The number of nitrogens with one attached hydrogen (secondary N) is 2. The van der Waals surface area contributed by atoms with Gasteiger partial charge in [0.2, 0.25) is 5.91 Å². The van der Waals surface area contributed by atoms with Crippen molar-refractivity contribution in [2.24, 2.45) is 0 Å². The number of hydrogen-bond acceptors (Lipinski definition) is 3. The molecule has 4 nitrogen and oxygen atoms in total. The summed E-state index contributed by atoms with van der Waals surface area (Å²) >= 11 is 0. The topological polar surface area (TPSA) is 50.4 Å². The zero-order valence-corrected chi connectivity index (χ0v) is 11.2. The van der Waals surface area contributed by atoms with Crippen LogP contribution in [0.15, 0.2) is 24.3 Å². The van der Waals surface area contributed by atoms with E-state index in [-0.39, 0.29) is 17.5 Å². The molecule has 2 fully saturated rings. The molecule has 1 aliphatic heterocycles.